The number of carboxylic acid groups (broad SMARTS) is 1. The molecule has 0 heterocycles. The average Bonchev–Trinajstić information content (AvgIpc) is 3.21. The van der Waals surface area contributed by atoms with Crippen molar-refractivity contribution in [2.75, 3.05) is 5.32 Å². The van der Waals surface area contributed by atoms with Gasteiger partial charge in [0.15, 0.2) is 0 Å². The van der Waals surface area contributed by atoms with Gasteiger partial charge in [0.05, 0.1) is 11.8 Å². The molecule has 1 aromatic rings. The number of benzene rings is 1. The maximum absolute atomic E-state index is 12.8. The summed E-state index contributed by atoms with van der Waals surface area (Å²) < 4.78 is 37.1. The molecule has 0 aromatic heterocycles. The molecule has 3 aliphatic rings. The van der Waals surface area contributed by atoms with Gasteiger partial charge in [-0.05, 0) is 66.1 Å². The van der Waals surface area contributed by atoms with Crippen LogP contribution < -0.4 is 5.32 Å². The predicted molar refractivity (Wildman–Crippen MR) is 89.4 cm³/mol. The molecule has 0 saturated heterocycles. The van der Waals surface area contributed by atoms with Crippen LogP contribution in [-0.4, -0.2) is 22.5 Å². The molecule has 0 radical (unpaired) electrons. The molecule has 8 heteroatoms. The summed E-state index contributed by atoms with van der Waals surface area (Å²) in [6.07, 6.45) is 5.77. The lowest BCUT2D eigenvalue weighted by molar-refractivity contribution is -0.146. The van der Waals surface area contributed by atoms with Crippen LogP contribution in [0, 0.1) is 29.1 Å². The fraction of sp³-hybridized carbons (Fsp3) is 0.444. The summed E-state index contributed by atoms with van der Waals surface area (Å²) in [5.74, 6) is -2.91. The van der Waals surface area contributed by atoms with Gasteiger partial charge in [-0.25, -0.2) is 0 Å². The van der Waals surface area contributed by atoms with Gasteiger partial charge < -0.3 is 10.4 Å². The smallest absolute Gasteiger partial charge is 0.446 e. The fourth-order valence-electron chi connectivity index (χ4n) is 4.66. The third-order valence-electron chi connectivity index (χ3n) is 5.78. The Kier molecular flexibility index (Phi) is 3.87. The fourth-order valence-corrected chi connectivity index (χ4v) is 5.20. The Morgan fingerprint density at radius 1 is 1.08 bits per heavy atom. The number of hydrogen-bond acceptors (Lipinski definition) is 3. The van der Waals surface area contributed by atoms with Crippen molar-refractivity contribution in [3.8, 4) is 0 Å². The summed E-state index contributed by atoms with van der Waals surface area (Å²) in [7, 11) is 0. The number of anilines is 1. The number of thioether (sulfide) groups is 1. The van der Waals surface area contributed by atoms with E-state index >= 15 is 0 Å². The summed E-state index contributed by atoms with van der Waals surface area (Å²) >= 11 is -0.224. The second kappa shape index (κ2) is 5.77. The van der Waals surface area contributed by atoms with Crippen molar-refractivity contribution in [2.45, 2.75) is 23.2 Å². The van der Waals surface area contributed by atoms with Gasteiger partial charge in [0, 0.05) is 10.6 Å². The van der Waals surface area contributed by atoms with Gasteiger partial charge >= 0.3 is 11.5 Å². The third kappa shape index (κ3) is 2.80. The second-order valence-electron chi connectivity index (χ2n) is 7.12. The number of allylic oxidation sites excluding steroid dienone is 2. The van der Waals surface area contributed by atoms with E-state index in [0.29, 0.717) is 5.69 Å². The molecular formula is C18H16F3NO3S. The number of carboxylic acids is 1. The Balaban J connectivity index is 1.50. The molecule has 0 aliphatic heterocycles. The van der Waals surface area contributed by atoms with E-state index in [1.807, 2.05) is 12.2 Å². The number of aliphatic carboxylic acids is 1. The summed E-state index contributed by atoms with van der Waals surface area (Å²) in [6, 6.07) is 5.37. The van der Waals surface area contributed by atoms with Gasteiger partial charge in [0.2, 0.25) is 5.91 Å². The van der Waals surface area contributed by atoms with Crippen molar-refractivity contribution in [2.24, 2.45) is 29.1 Å². The molecule has 1 aromatic carbocycles. The van der Waals surface area contributed by atoms with Gasteiger partial charge in [-0.1, -0.05) is 12.2 Å². The summed E-state index contributed by atoms with van der Waals surface area (Å²) in [5, 5.41) is 12.3. The predicted octanol–water partition coefficient (Wildman–Crippen LogP) is 4.15. The van der Waals surface area contributed by atoms with Gasteiger partial charge in [0.25, 0.3) is 0 Å². The Morgan fingerprint density at radius 2 is 1.65 bits per heavy atom. The van der Waals surface area contributed by atoms with E-state index in [9.17, 15) is 27.9 Å². The minimum atomic E-state index is -4.37. The van der Waals surface area contributed by atoms with E-state index in [2.05, 4.69) is 5.32 Å². The largest absolute Gasteiger partial charge is 0.481 e. The first-order chi connectivity index (χ1) is 12.2. The molecule has 4 nitrogen and oxygen atoms in total. The Bertz CT molecular complexity index is 786. The van der Waals surface area contributed by atoms with Gasteiger partial charge in [-0.3, -0.25) is 9.59 Å². The lowest BCUT2D eigenvalue weighted by atomic mass is 9.82. The number of alkyl halides is 3. The lowest BCUT2D eigenvalue weighted by Gasteiger charge is -2.23. The zero-order valence-corrected chi connectivity index (χ0v) is 14.3. The highest BCUT2D eigenvalue weighted by atomic mass is 32.2. The van der Waals surface area contributed by atoms with Crippen molar-refractivity contribution in [1.82, 2.24) is 0 Å². The summed E-state index contributed by atoms with van der Waals surface area (Å²) in [6.45, 7) is 0. The monoisotopic (exact) mass is 383 g/mol. The Morgan fingerprint density at radius 3 is 2.15 bits per heavy atom. The van der Waals surface area contributed by atoms with Gasteiger partial charge in [-0.2, -0.15) is 13.2 Å². The van der Waals surface area contributed by atoms with Crippen molar-refractivity contribution in [1.29, 1.82) is 0 Å². The van der Waals surface area contributed by atoms with Crippen LogP contribution in [0.25, 0.3) is 0 Å². The number of carbonyl (C=O) groups excluding carboxylic acids is 1. The molecule has 26 heavy (non-hydrogen) atoms. The van der Waals surface area contributed by atoms with Crippen LogP contribution in [0.1, 0.15) is 12.8 Å². The van der Waals surface area contributed by atoms with Crippen LogP contribution in [-0.2, 0) is 9.59 Å². The molecule has 4 unspecified atom stereocenters. The molecular weight excluding hydrogens is 367 g/mol. The SMILES string of the molecule is O=C(O)C1C(C(=O)Nc2ccc(SC(F)(F)F)cc2)C2C=CC1C21CC1. The van der Waals surface area contributed by atoms with Crippen LogP contribution in [0.3, 0.4) is 0 Å². The zero-order chi connectivity index (χ0) is 18.7. The third-order valence-corrected chi connectivity index (χ3v) is 6.52. The zero-order valence-electron chi connectivity index (χ0n) is 13.5. The first-order valence-corrected chi connectivity index (χ1v) is 9.11. The van der Waals surface area contributed by atoms with Gasteiger partial charge in [-0.15, -0.1) is 0 Å². The van der Waals surface area contributed by atoms with E-state index in [1.165, 1.54) is 24.3 Å². The van der Waals surface area contributed by atoms with E-state index in [0.717, 1.165) is 12.8 Å². The topological polar surface area (TPSA) is 66.4 Å². The molecule has 4 rings (SSSR count). The molecule has 1 spiro atoms. The number of halogens is 3. The first kappa shape index (κ1) is 17.5. The Hall–Kier alpha value is -1.96. The van der Waals surface area contributed by atoms with Gasteiger partial charge in [0.1, 0.15) is 0 Å². The maximum Gasteiger partial charge on any atom is 0.446 e. The average molecular weight is 383 g/mol. The minimum absolute atomic E-state index is 0.0266. The number of carbonyl (C=O) groups is 2. The van der Waals surface area contributed by atoms with E-state index < -0.39 is 23.3 Å². The molecule has 4 atom stereocenters. The number of hydrogen-bond donors (Lipinski definition) is 2. The lowest BCUT2D eigenvalue weighted by Crippen LogP contribution is -2.36. The number of amides is 1. The molecule has 138 valence electrons. The molecule has 1 amide bonds. The number of rotatable bonds is 4. The highest BCUT2D eigenvalue weighted by Crippen LogP contribution is 2.72. The maximum atomic E-state index is 12.8. The van der Waals surface area contributed by atoms with Crippen LogP contribution in [0.4, 0.5) is 18.9 Å². The van der Waals surface area contributed by atoms with Crippen LogP contribution in [0.5, 0.6) is 0 Å². The molecule has 2 fully saturated rings. The molecule has 2 N–H and O–H groups in total. The summed E-state index contributed by atoms with van der Waals surface area (Å²) in [4.78, 5) is 24.5. The first-order valence-electron chi connectivity index (χ1n) is 8.29. The quantitative estimate of drug-likeness (QED) is 0.606. The second-order valence-corrected chi connectivity index (χ2v) is 8.26. The van der Waals surface area contributed by atoms with E-state index in [1.54, 1.807) is 0 Å². The van der Waals surface area contributed by atoms with Crippen LogP contribution in [0.15, 0.2) is 41.3 Å². The minimum Gasteiger partial charge on any atom is -0.481 e. The standard InChI is InChI=1S/C18H16F3NO3S/c19-18(20,21)26-10-3-1-9(2-4-10)22-15(23)13-11-5-6-12(14(13)16(24)25)17(11)7-8-17/h1-6,11-14H,7-8H2,(H,22,23)(H,24,25). The number of nitrogens with one attached hydrogen (secondary N) is 1. The van der Waals surface area contributed by atoms with Crippen molar-refractivity contribution in [3.63, 3.8) is 0 Å². The van der Waals surface area contributed by atoms with Crippen LogP contribution in [0.2, 0.25) is 0 Å². The highest BCUT2D eigenvalue weighted by molar-refractivity contribution is 8.00. The molecule has 2 bridgehead atoms. The van der Waals surface area contributed by atoms with E-state index in [-0.39, 0.29) is 39.8 Å². The van der Waals surface area contributed by atoms with Crippen molar-refractivity contribution >= 4 is 29.3 Å². The van der Waals surface area contributed by atoms with Crippen LogP contribution >= 0.6 is 11.8 Å². The molecule has 3 aliphatic carbocycles. The normalized spacial score (nSPS) is 30.6. The van der Waals surface area contributed by atoms with Crippen molar-refractivity contribution in [3.05, 3.63) is 36.4 Å². The van der Waals surface area contributed by atoms with Crippen molar-refractivity contribution < 1.29 is 27.9 Å². The summed E-state index contributed by atoms with van der Waals surface area (Å²) in [5.41, 5.74) is -4.08. The van der Waals surface area contributed by atoms with E-state index in [4.69, 9.17) is 0 Å². The Labute approximate surface area is 151 Å². The molecule has 2 saturated carbocycles. The highest BCUT2D eigenvalue weighted by Gasteiger charge is 2.70.